The molecule has 0 fully saturated rings. The van der Waals surface area contributed by atoms with Crippen LogP contribution in [-0.2, 0) is 13.5 Å². The summed E-state index contributed by atoms with van der Waals surface area (Å²) < 4.78 is 22.8. The van der Waals surface area contributed by atoms with E-state index >= 15 is 4.39 Å². The number of rotatable bonds is 5. The predicted molar refractivity (Wildman–Crippen MR) is 136 cm³/mol. The molecule has 5 aromatic rings. The molecule has 1 aromatic carbocycles. The molecule has 2 N–H and O–H groups in total. The van der Waals surface area contributed by atoms with Gasteiger partial charge in [0.15, 0.2) is 11.6 Å². The number of fused-ring (bicyclic) bond motifs is 1. The number of terminal acetylenes is 1. The molecule has 0 amide bonds. The van der Waals surface area contributed by atoms with Crippen molar-refractivity contribution in [2.24, 2.45) is 7.05 Å². The second-order valence-electron chi connectivity index (χ2n) is 8.19. The van der Waals surface area contributed by atoms with Crippen LogP contribution in [0.2, 0.25) is 0 Å². The number of nitrogens with two attached hydrogens (primary N) is 1. The lowest BCUT2D eigenvalue weighted by molar-refractivity contribution is 0.410. The van der Waals surface area contributed by atoms with Crippen LogP contribution in [0.15, 0.2) is 49.1 Å². The minimum atomic E-state index is -0.576. The Morgan fingerprint density at radius 2 is 1.97 bits per heavy atom. The van der Waals surface area contributed by atoms with E-state index < -0.39 is 5.82 Å². The van der Waals surface area contributed by atoms with Crippen molar-refractivity contribution in [2.45, 2.75) is 20.3 Å². The molecule has 0 bridgehead atoms. The van der Waals surface area contributed by atoms with Gasteiger partial charge in [-0.1, -0.05) is 18.9 Å². The lowest BCUT2D eigenvalue weighted by Gasteiger charge is -2.13. The smallest absolute Gasteiger partial charge is 0.322 e. The maximum absolute atomic E-state index is 15.3. The highest BCUT2D eigenvalue weighted by molar-refractivity contribution is 6.08. The van der Waals surface area contributed by atoms with E-state index in [0.29, 0.717) is 40.0 Å². The Morgan fingerprint density at radius 3 is 2.69 bits per heavy atom. The first-order valence-electron chi connectivity index (χ1n) is 11.2. The van der Waals surface area contributed by atoms with Crippen molar-refractivity contribution < 1.29 is 9.13 Å². The lowest BCUT2D eigenvalue weighted by atomic mass is 9.95. The summed E-state index contributed by atoms with van der Waals surface area (Å²) in [6.07, 6.45) is 11.0. The normalized spacial score (nSPS) is 11.0. The van der Waals surface area contributed by atoms with E-state index in [1.54, 1.807) is 37.5 Å². The monoisotopic (exact) mass is 479 g/mol. The summed E-state index contributed by atoms with van der Waals surface area (Å²) >= 11 is 0. The van der Waals surface area contributed by atoms with Gasteiger partial charge in [-0.15, -0.1) is 6.42 Å². The first kappa shape index (κ1) is 22.9. The van der Waals surface area contributed by atoms with Crippen LogP contribution in [0.5, 0.6) is 11.8 Å². The van der Waals surface area contributed by atoms with Gasteiger partial charge in [0, 0.05) is 36.3 Å². The van der Waals surface area contributed by atoms with Gasteiger partial charge in [-0.3, -0.25) is 0 Å². The maximum Gasteiger partial charge on any atom is 0.322 e. The SMILES string of the molecule is C#Cc1cc(CC)c(-c2c(-c3ccc(Oc4nccc(C)n4)c(F)c3)c3c(N)ncnc3n2C)cn1. The van der Waals surface area contributed by atoms with Crippen LogP contribution in [0.3, 0.4) is 0 Å². The Labute approximate surface area is 207 Å². The van der Waals surface area contributed by atoms with E-state index in [4.69, 9.17) is 16.9 Å². The van der Waals surface area contributed by atoms with Crippen molar-refractivity contribution in [3.05, 3.63) is 71.8 Å². The molecular weight excluding hydrogens is 457 g/mol. The number of ether oxygens (including phenoxy) is 1. The van der Waals surface area contributed by atoms with Gasteiger partial charge in [0.2, 0.25) is 0 Å². The van der Waals surface area contributed by atoms with Crippen molar-refractivity contribution >= 4 is 16.9 Å². The molecule has 178 valence electrons. The molecule has 0 aliphatic carbocycles. The van der Waals surface area contributed by atoms with Crippen LogP contribution >= 0.6 is 0 Å². The van der Waals surface area contributed by atoms with Crippen molar-refractivity contribution in [2.75, 3.05) is 5.73 Å². The second-order valence-corrected chi connectivity index (χ2v) is 8.19. The van der Waals surface area contributed by atoms with Gasteiger partial charge >= 0.3 is 6.01 Å². The van der Waals surface area contributed by atoms with E-state index in [-0.39, 0.29) is 17.6 Å². The molecule has 0 radical (unpaired) electrons. The third-order valence-corrected chi connectivity index (χ3v) is 5.96. The van der Waals surface area contributed by atoms with Crippen LogP contribution in [0.1, 0.15) is 23.9 Å². The molecule has 36 heavy (non-hydrogen) atoms. The molecule has 0 atom stereocenters. The number of nitrogen functional groups attached to an aromatic ring is 1. The number of halogens is 1. The molecule has 0 saturated heterocycles. The minimum absolute atomic E-state index is 0.00430. The number of hydrogen-bond acceptors (Lipinski definition) is 7. The topological polar surface area (TPSA) is 105 Å². The number of benzene rings is 1. The summed E-state index contributed by atoms with van der Waals surface area (Å²) in [5.74, 6) is 2.30. The van der Waals surface area contributed by atoms with Crippen LogP contribution in [0.4, 0.5) is 10.2 Å². The van der Waals surface area contributed by atoms with Gasteiger partial charge in [0.25, 0.3) is 0 Å². The molecule has 9 heteroatoms. The van der Waals surface area contributed by atoms with E-state index in [9.17, 15) is 0 Å². The molecule has 4 heterocycles. The van der Waals surface area contributed by atoms with Gasteiger partial charge in [0.1, 0.15) is 23.5 Å². The van der Waals surface area contributed by atoms with E-state index in [1.807, 2.05) is 24.6 Å². The molecular formula is C27H22FN7O. The van der Waals surface area contributed by atoms with E-state index in [2.05, 4.69) is 30.8 Å². The van der Waals surface area contributed by atoms with Crippen LogP contribution in [0, 0.1) is 25.1 Å². The number of pyridine rings is 1. The highest BCUT2D eigenvalue weighted by Gasteiger charge is 2.24. The zero-order valence-corrected chi connectivity index (χ0v) is 20.0. The fourth-order valence-corrected chi connectivity index (χ4v) is 4.27. The number of anilines is 1. The third-order valence-electron chi connectivity index (χ3n) is 5.96. The first-order chi connectivity index (χ1) is 17.4. The average Bonchev–Trinajstić information content (AvgIpc) is 3.18. The standard InChI is InChI=1S/C27H22FN7O/c1-5-16-11-18(6-2)31-13-19(16)24-22(23-25(29)32-14-33-26(23)35(24)4)17-7-8-21(20(28)12-17)36-27-30-10-9-15(3)34-27/h2,7-14H,5H2,1,3-4H3,(H2,29,32,33). The summed E-state index contributed by atoms with van der Waals surface area (Å²) in [6, 6.07) is 8.37. The van der Waals surface area contributed by atoms with Crippen molar-refractivity contribution in [3.63, 3.8) is 0 Å². The van der Waals surface area contributed by atoms with Gasteiger partial charge in [-0.2, -0.15) is 0 Å². The van der Waals surface area contributed by atoms with Crippen molar-refractivity contribution in [1.29, 1.82) is 0 Å². The van der Waals surface area contributed by atoms with Crippen molar-refractivity contribution in [3.8, 4) is 46.5 Å². The Kier molecular flexibility index (Phi) is 5.78. The average molecular weight is 480 g/mol. The maximum atomic E-state index is 15.3. The molecule has 5 rings (SSSR count). The van der Waals surface area contributed by atoms with E-state index in [1.165, 1.54) is 12.4 Å². The molecule has 4 aromatic heterocycles. The highest BCUT2D eigenvalue weighted by atomic mass is 19.1. The largest absolute Gasteiger partial charge is 0.421 e. The molecule has 0 aliphatic heterocycles. The first-order valence-corrected chi connectivity index (χ1v) is 11.2. The van der Waals surface area contributed by atoms with Crippen LogP contribution in [-0.4, -0.2) is 29.5 Å². The zero-order valence-electron chi connectivity index (χ0n) is 20.0. The zero-order chi connectivity index (χ0) is 25.4. The fraction of sp³-hybridized carbons (Fsp3) is 0.148. The number of aryl methyl sites for hydroxylation is 3. The quantitative estimate of drug-likeness (QED) is 0.359. The Balaban J connectivity index is 1.72. The summed E-state index contributed by atoms with van der Waals surface area (Å²) in [5.41, 5.74) is 12.1. The summed E-state index contributed by atoms with van der Waals surface area (Å²) in [5, 5.41) is 0.619. The van der Waals surface area contributed by atoms with Crippen LogP contribution in [0.25, 0.3) is 33.4 Å². The number of hydrogen-bond donors (Lipinski definition) is 1. The molecule has 0 saturated carbocycles. The second kappa shape index (κ2) is 9.07. The lowest BCUT2D eigenvalue weighted by Crippen LogP contribution is -1.99. The highest BCUT2D eigenvalue weighted by Crippen LogP contribution is 2.43. The van der Waals surface area contributed by atoms with Gasteiger partial charge in [-0.25, -0.2) is 29.3 Å². The molecule has 0 unspecified atom stereocenters. The van der Waals surface area contributed by atoms with Crippen LogP contribution < -0.4 is 10.5 Å². The van der Waals surface area contributed by atoms with E-state index in [0.717, 1.165) is 16.8 Å². The molecule has 0 aliphatic rings. The number of aromatic nitrogens is 6. The fourth-order valence-electron chi connectivity index (χ4n) is 4.27. The van der Waals surface area contributed by atoms with Gasteiger partial charge in [0.05, 0.1) is 11.1 Å². The van der Waals surface area contributed by atoms with Crippen molar-refractivity contribution in [1.82, 2.24) is 29.5 Å². The molecule has 0 spiro atoms. The Hall–Kier alpha value is -4.84. The Bertz CT molecular complexity index is 1670. The number of nitrogens with zero attached hydrogens (tertiary/aromatic N) is 6. The van der Waals surface area contributed by atoms with Gasteiger partial charge in [-0.05, 0) is 48.7 Å². The summed E-state index contributed by atoms with van der Waals surface area (Å²) in [6.45, 7) is 3.84. The summed E-state index contributed by atoms with van der Waals surface area (Å²) in [4.78, 5) is 21.3. The summed E-state index contributed by atoms with van der Waals surface area (Å²) in [7, 11) is 1.88. The molecule has 8 nitrogen and oxygen atoms in total. The van der Waals surface area contributed by atoms with Gasteiger partial charge < -0.3 is 15.0 Å². The minimum Gasteiger partial charge on any atom is -0.421 e. The third kappa shape index (κ3) is 3.88. The Morgan fingerprint density at radius 1 is 1.14 bits per heavy atom. The predicted octanol–water partition coefficient (Wildman–Crippen LogP) is 4.85.